The molecule has 2 heterocycles. The zero-order chi connectivity index (χ0) is 23.7. The maximum absolute atomic E-state index is 12.9. The summed E-state index contributed by atoms with van der Waals surface area (Å²) in [5.41, 5.74) is 5.72. The predicted octanol–water partition coefficient (Wildman–Crippen LogP) is 5.11. The van der Waals surface area contributed by atoms with Gasteiger partial charge < -0.3 is 15.0 Å². The van der Waals surface area contributed by atoms with Gasteiger partial charge in [0.2, 0.25) is 0 Å². The van der Waals surface area contributed by atoms with E-state index in [2.05, 4.69) is 58.7 Å². The minimum absolute atomic E-state index is 0.127. The predicted molar refractivity (Wildman–Crippen MR) is 140 cm³/mol. The Balaban J connectivity index is 0.975. The van der Waals surface area contributed by atoms with Gasteiger partial charge in [-0.1, -0.05) is 48.5 Å². The summed E-state index contributed by atoms with van der Waals surface area (Å²) in [5.74, 6) is 0.957. The van der Waals surface area contributed by atoms with E-state index in [1.165, 1.54) is 80.4 Å². The Morgan fingerprint density at radius 2 is 1.46 bits per heavy atom. The van der Waals surface area contributed by atoms with Crippen LogP contribution in [0, 0.1) is 11.3 Å². The average Bonchev–Trinajstić information content (AvgIpc) is 3.23. The van der Waals surface area contributed by atoms with E-state index >= 15 is 0 Å². The molecule has 5 heteroatoms. The van der Waals surface area contributed by atoms with Crippen LogP contribution < -0.4 is 5.32 Å². The van der Waals surface area contributed by atoms with Gasteiger partial charge in [0, 0.05) is 38.6 Å². The molecule has 1 spiro atoms. The molecule has 186 valence electrons. The van der Waals surface area contributed by atoms with Gasteiger partial charge in [-0.2, -0.15) is 0 Å². The number of nitrogens with one attached hydrogen (secondary N) is 1. The molecule has 2 aliphatic heterocycles. The fourth-order valence-electron chi connectivity index (χ4n) is 7.09. The smallest absolute Gasteiger partial charge is 0.409 e. The van der Waals surface area contributed by atoms with Gasteiger partial charge in [0.05, 0.1) is 0 Å². The topological polar surface area (TPSA) is 44.8 Å². The number of fused-ring (bicyclic) bond motifs is 3. The minimum Gasteiger partial charge on any atom is -0.448 e. The van der Waals surface area contributed by atoms with Gasteiger partial charge in [0.1, 0.15) is 6.61 Å². The third-order valence-electron chi connectivity index (χ3n) is 9.31. The molecule has 1 amide bonds. The molecular weight excluding hydrogens is 434 g/mol. The number of amides is 1. The molecule has 4 aliphatic rings. The van der Waals surface area contributed by atoms with Gasteiger partial charge in [-0.25, -0.2) is 4.79 Å². The lowest BCUT2D eigenvalue weighted by atomic mass is 9.65. The quantitative estimate of drug-likeness (QED) is 0.670. The summed E-state index contributed by atoms with van der Waals surface area (Å²) in [6, 6.07) is 17.0. The van der Waals surface area contributed by atoms with Crippen molar-refractivity contribution < 1.29 is 9.53 Å². The summed E-state index contributed by atoms with van der Waals surface area (Å²) in [6.07, 6.45) is 8.19. The summed E-state index contributed by atoms with van der Waals surface area (Å²) >= 11 is 0. The van der Waals surface area contributed by atoms with Crippen molar-refractivity contribution in [3.05, 3.63) is 59.7 Å². The van der Waals surface area contributed by atoms with Crippen LogP contribution in [0.1, 0.15) is 55.6 Å². The van der Waals surface area contributed by atoms with E-state index in [-0.39, 0.29) is 12.0 Å². The number of piperidine rings is 1. The van der Waals surface area contributed by atoms with Crippen molar-refractivity contribution in [1.82, 2.24) is 15.1 Å². The first-order chi connectivity index (χ1) is 17.2. The van der Waals surface area contributed by atoms with E-state index in [1.807, 2.05) is 4.90 Å². The van der Waals surface area contributed by atoms with Gasteiger partial charge in [0.15, 0.2) is 0 Å². The second-order valence-electron chi connectivity index (χ2n) is 11.3. The monoisotopic (exact) mass is 473 g/mol. The fraction of sp³-hybridized carbons (Fsp3) is 0.567. The third-order valence-corrected chi connectivity index (χ3v) is 9.31. The molecule has 5 nitrogen and oxygen atoms in total. The maximum Gasteiger partial charge on any atom is 0.409 e. The molecule has 2 aromatic carbocycles. The van der Waals surface area contributed by atoms with Crippen molar-refractivity contribution in [2.75, 3.05) is 52.4 Å². The Morgan fingerprint density at radius 3 is 2.09 bits per heavy atom. The van der Waals surface area contributed by atoms with Gasteiger partial charge in [-0.3, -0.25) is 4.90 Å². The second-order valence-corrected chi connectivity index (χ2v) is 11.3. The first kappa shape index (κ1) is 23.1. The molecule has 35 heavy (non-hydrogen) atoms. The highest BCUT2D eigenvalue weighted by Crippen LogP contribution is 2.46. The molecule has 0 atom stereocenters. The van der Waals surface area contributed by atoms with Crippen LogP contribution in [0.2, 0.25) is 0 Å². The van der Waals surface area contributed by atoms with Crippen molar-refractivity contribution in [3.8, 4) is 11.1 Å². The molecule has 2 aliphatic carbocycles. The zero-order valence-corrected chi connectivity index (χ0v) is 20.9. The van der Waals surface area contributed by atoms with E-state index < -0.39 is 0 Å². The summed E-state index contributed by atoms with van der Waals surface area (Å²) in [7, 11) is 0. The molecule has 2 saturated heterocycles. The van der Waals surface area contributed by atoms with E-state index in [0.29, 0.717) is 12.0 Å². The Hall–Kier alpha value is -2.37. The maximum atomic E-state index is 12.9. The van der Waals surface area contributed by atoms with Crippen molar-refractivity contribution in [2.45, 2.75) is 44.4 Å². The Kier molecular flexibility index (Phi) is 6.55. The molecule has 1 saturated carbocycles. The summed E-state index contributed by atoms with van der Waals surface area (Å²) in [5, 5.41) is 3.53. The van der Waals surface area contributed by atoms with Crippen LogP contribution in [0.25, 0.3) is 11.1 Å². The Bertz CT molecular complexity index is 984. The first-order valence-electron chi connectivity index (χ1n) is 13.7. The average molecular weight is 474 g/mol. The molecule has 6 rings (SSSR count). The second kappa shape index (κ2) is 9.94. The first-order valence-corrected chi connectivity index (χ1v) is 13.7. The highest BCUT2D eigenvalue weighted by atomic mass is 16.6. The molecule has 0 unspecified atom stereocenters. The van der Waals surface area contributed by atoms with Crippen LogP contribution in [0.3, 0.4) is 0 Å². The number of benzene rings is 2. The lowest BCUT2D eigenvalue weighted by Crippen LogP contribution is -2.50. The van der Waals surface area contributed by atoms with Crippen molar-refractivity contribution in [1.29, 1.82) is 0 Å². The van der Waals surface area contributed by atoms with Crippen LogP contribution in [-0.2, 0) is 4.74 Å². The van der Waals surface area contributed by atoms with Crippen LogP contribution in [0.5, 0.6) is 0 Å². The normalized spacial score (nSPS) is 22.7. The van der Waals surface area contributed by atoms with Gasteiger partial charge in [-0.15, -0.1) is 0 Å². The number of carbonyl (C=O) groups excluding carboxylic acids is 1. The number of piperazine rings is 1. The van der Waals surface area contributed by atoms with Crippen LogP contribution in [0.15, 0.2) is 48.5 Å². The number of ether oxygens (including phenoxy) is 1. The zero-order valence-electron chi connectivity index (χ0n) is 20.9. The van der Waals surface area contributed by atoms with E-state index in [9.17, 15) is 4.79 Å². The number of nitrogens with zero attached hydrogens (tertiary/aromatic N) is 2. The van der Waals surface area contributed by atoms with Gasteiger partial charge in [0.25, 0.3) is 0 Å². The molecule has 0 bridgehead atoms. The van der Waals surface area contributed by atoms with Crippen LogP contribution >= 0.6 is 0 Å². The number of carbonyl (C=O) groups is 1. The van der Waals surface area contributed by atoms with Crippen molar-refractivity contribution in [3.63, 3.8) is 0 Å². The lowest BCUT2D eigenvalue weighted by molar-refractivity contribution is 0.0560. The highest BCUT2D eigenvalue weighted by molar-refractivity contribution is 5.79. The standard InChI is InChI=1S/C30H39N3O2/c34-29(35-22-28-26-7-3-1-5-24(26)25-6-2-4-8-27(25)28)33-19-17-32(18-20-33)21-23-9-11-30(12-10-23)13-15-31-16-14-30/h1-8,23,28,31H,9-22H2. The molecule has 0 aromatic heterocycles. The Morgan fingerprint density at radius 1 is 0.857 bits per heavy atom. The summed E-state index contributed by atoms with van der Waals surface area (Å²) in [4.78, 5) is 17.4. The molecule has 3 fully saturated rings. The molecular formula is C30H39N3O2. The lowest BCUT2D eigenvalue weighted by Gasteiger charge is -2.44. The van der Waals surface area contributed by atoms with Crippen molar-refractivity contribution >= 4 is 6.09 Å². The molecule has 0 radical (unpaired) electrons. The summed E-state index contributed by atoms with van der Waals surface area (Å²) in [6.45, 7) is 7.52. The highest BCUT2D eigenvalue weighted by Gasteiger charge is 2.37. The number of rotatable bonds is 4. The van der Waals surface area contributed by atoms with E-state index in [4.69, 9.17) is 4.74 Å². The Labute approximate surface area is 209 Å². The van der Waals surface area contributed by atoms with Gasteiger partial charge in [-0.05, 0) is 85.2 Å². The van der Waals surface area contributed by atoms with Crippen LogP contribution in [0.4, 0.5) is 4.79 Å². The molecule has 2 aromatic rings. The van der Waals surface area contributed by atoms with E-state index in [0.717, 1.165) is 32.1 Å². The van der Waals surface area contributed by atoms with E-state index in [1.54, 1.807) is 0 Å². The fourth-order valence-corrected chi connectivity index (χ4v) is 7.09. The van der Waals surface area contributed by atoms with Crippen molar-refractivity contribution in [2.24, 2.45) is 11.3 Å². The number of hydrogen-bond acceptors (Lipinski definition) is 4. The molecule has 1 N–H and O–H groups in total. The largest absolute Gasteiger partial charge is 0.448 e. The third kappa shape index (κ3) is 4.73. The van der Waals surface area contributed by atoms with Gasteiger partial charge >= 0.3 is 6.09 Å². The van der Waals surface area contributed by atoms with Crippen LogP contribution in [-0.4, -0.2) is 68.3 Å². The number of hydrogen-bond donors (Lipinski definition) is 1. The minimum atomic E-state index is -0.156. The summed E-state index contributed by atoms with van der Waals surface area (Å²) < 4.78 is 5.89. The SMILES string of the molecule is O=C(OCC1c2ccccc2-c2ccccc21)N1CCN(CC2CCC3(CCNCC3)CC2)CC1.